The Labute approximate surface area is 175 Å². The molecule has 0 bridgehead atoms. The molecule has 2 aromatic rings. The number of rotatable bonds is 5. The molecule has 9 nitrogen and oxygen atoms in total. The van der Waals surface area contributed by atoms with E-state index in [4.69, 9.17) is 11.6 Å². The second-order valence-electron chi connectivity index (χ2n) is 7.83. The van der Waals surface area contributed by atoms with E-state index in [0.29, 0.717) is 29.1 Å². The third-order valence-corrected chi connectivity index (χ3v) is 7.18. The molecule has 1 fully saturated rings. The molecule has 0 aromatic carbocycles. The minimum absolute atomic E-state index is 0.0162. The number of anilines is 1. The molecule has 3 rings (SSSR count). The molecular formula is C18H25ClN6O3S. The molecule has 1 aliphatic heterocycles. The molecule has 0 saturated carbocycles. The van der Waals surface area contributed by atoms with Gasteiger partial charge < -0.3 is 10.4 Å². The van der Waals surface area contributed by atoms with Gasteiger partial charge in [-0.15, -0.1) is 5.10 Å². The fraction of sp³-hybridized carbons (Fsp3) is 0.611. The van der Waals surface area contributed by atoms with E-state index in [0.717, 1.165) is 11.9 Å². The lowest BCUT2D eigenvalue weighted by molar-refractivity contribution is 0.0950. The highest BCUT2D eigenvalue weighted by Crippen LogP contribution is 2.35. The third kappa shape index (κ3) is 4.19. The largest absolute Gasteiger partial charge is 0.390 e. The van der Waals surface area contributed by atoms with E-state index >= 15 is 0 Å². The molecule has 3 atom stereocenters. The monoisotopic (exact) mass is 440 g/mol. The third-order valence-electron chi connectivity index (χ3n) is 5.53. The first-order chi connectivity index (χ1) is 13.5. The molecule has 1 saturated heterocycles. The Hall–Kier alpha value is -1.93. The Morgan fingerprint density at radius 1 is 1.41 bits per heavy atom. The van der Waals surface area contributed by atoms with Gasteiger partial charge in [-0.2, -0.15) is 9.57 Å². The van der Waals surface area contributed by atoms with E-state index < -0.39 is 22.2 Å². The lowest BCUT2D eigenvalue weighted by atomic mass is 9.93. The molecule has 158 valence electrons. The van der Waals surface area contributed by atoms with Crippen LogP contribution in [0.25, 0.3) is 5.52 Å². The van der Waals surface area contributed by atoms with Crippen molar-refractivity contribution < 1.29 is 13.5 Å². The van der Waals surface area contributed by atoms with Gasteiger partial charge in [0.25, 0.3) is 0 Å². The van der Waals surface area contributed by atoms with Gasteiger partial charge in [-0.25, -0.2) is 17.9 Å². The van der Waals surface area contributed by atoms with E-state index in [2.05, 4.69) is 35.3 Å². The van der Waals surface area contributed by atoms with Crippen LogP contribution in [0, 0.1) is 17.2 Å². The number of β-amino-alcohol motifs (C(OH)–C–C–N with tert-alkyl or cyclic N) is 1. The standard InChI is InChI=1S/C18H25ClN6O3S/c1-10(2)11(3)17-12(7-20)16(19)14-8-21-18(23-25(14)17)22-13-5-6-24(9-15(13)26)29(4,27)28/h8,10-11,13,15,26H,5-6,9H2,1-4H3,(H,22,23)/t11?,13-,15-/m1/s1. The van der Waals surface area contributed by atoms with Crippen LogP contribution >= 0.6 is 11.6 Å². The SMILES string of the molecule is CC(C)C(C)c1c(C#N)c(Cl)c2cnc(N[C@@H]3CCN(S(C)(=O)=O)C[C@H]3O)nn12. The van der Waals surface area contributed by atoms with Crippen LogP contribution in [0.5, 0.6) is 0 Å². The first-order valence-corrected chi connectivity index (χ1v) is 11.6. The molecule has 1 unspecified atom stereocenters. The summed E-state index contributed by atoms with van der Waals surface area (Å²) in [5, 5.41) is 27.9. The molecule has 2 N–H and O–H groups in total. The Balaban J connectivity index is 1.92. The van der Waals surface area contributed by atoms with Gasteiger partial charge in [0.05, 0.1) is 40.9 Å². The van der Waals surface area contributed by atoms with Crippen molar-refractivity contribution in [2.45, 2.75) is 45.3 Å². The Kier molecular flexibility index (Phi) is 6.06. The normalized spacial score (nSPS) is 22.0. The molecule has 3 heterocycles. The Bertz CT molecular complexity index is 1060. The summed E-state index contributed by atoms with van der Waals surface area (Å²) in [6, 6.07) is 1.78. The highest BCUT2D eigenvalue weighted by Gasteiger charge is 2.32. The number of hydrogen-bond donors (Lipinski definition) is 2. The van der Waals surface area contributed by atoms with E-state index in [9.17, 15) is 18.8 Å². The predicted octanol–water partition coefficient (Wildman–Crippen LogP) is 1.82. The summed E-state index contributed by atoms with van der Waals surface area (Å²) in [6.45, 7) is 6.46. The summed E-state index contributed by atoms with van der Waals surface area (Å²) < 4.78 is 26.3. The molecule has 0 radical (unpaired) electrons. The maximum Gasteiger partial charge on any atom is 0.241 e. The second-order valence-corrected chi connectivity index (χ2v) is 10.2. The van der Waals surface area contributed by atoms with Crippen molar-refractivity contribution in [2.24, 2.45) is 5.92 Å². The molecule has 0 aliphatic carbocycles. The number of sulfonamides is 1. The van der Waals surface area contributed by atoms with Crippen molar-refractivity contribution in [2.75, 3.05) is 24.7 Å². The zero-order valence-electron chi connectivity index (χ0n) is 16.8. The number of nitrogens with zero attached hydrogens (tertiary/aromatic N) is 5. The number of hydrogen-bond acceptors (Lipinski definition) is 7. The molecule has 29 heavy (non-hydrogen) atoms. The number of nitrogens with one attached hydrogen (secondary N) is 1. The van der Waals surface area contributed by atoms with Crippen LogP contribution in [0.4, 0.5) is 5.95 Å². The number of aliphatic hydroxyl groups is 1. The van der Waals surface area contributed by atoms with Crippen LogP contribution in [0.2, 0.25) is 5.02 Å². The number of fused-ring (bicyclic) bond motifs is 1. The average molecular weight is 441 g/mol. The molecule has 11 heteroatoms. The van der Waals surface area contributed by atoms with Gasteiger partial charge in [-0.3, -0.25) is 0 Å². The van der Waals surface area contributed by atoms with Gasteiger partial charge in [0.1, 0.15) is 11.6 Å². The van der Waals surface area contributed by atoms with Crippen molar-refractivity contribution in [1.29, 1.82) is 5.26 Å². The van der Waals surface area contributed by atoms with Gasteiger partial charge in [-0.1, -0.05) is 32.4 Å². The van der Waals surface area contributed by atoms with Crippen LogP contribution in [0.3, 0.4) is 0 Å². The molecular weight excluding hydrogens is 416 g/mol. The fourth-order valence-corrected chi connectivity index (χ4v) is 4.61. The topological polar surface area (TPSA) is 124 Å². The minimum atomic E-state index is -3.35. The highest BCUT2D eigenvalue weighted by molar-refractivity contribution is 7.88. The van der Waals surface area contributed by atoms with Crippen molar-refractivity contribution in [3.05, 3.63) is 22.5 Å². The molecule has 0 amide bonds. The summed E-state index contributed by atoms with van der Waals surface area (Å²) in [4.78, 5) is 4.28. The van der Waals surface area contributed by atoms with Gasteiger partial charge >= 0.3 is 0 Å². The maximum atomic E-state index is 11.7. The number of aromatic nitrogens is 3. The van der Waals surface area contributed by atoms with Crippen LogP contribution in [0.15, 0.2) is 6.20 Å². The van der Waals surface area contributed by atoms with Gasteiger partial charge in [0, 0.05) is 19.0 Å². The summed E-state index contributed by atoms with van der Waals surface area (Å²) in [6.07, 6.45) is 2.20. The number of piperidine rings is 1. The molecule has 2 aromatic heterocycles. The summed E-state index contributed by atoms with van der Waals surface area (Å²) in [5.41, 5.74) is 1.66. The highest BCUT2D eigenvalue weighted by atomic mass is 35.5. The first-order valence-electron chi connectivity index (χ1n) is 9.41. The van der Waals surface area contributed by atoms with E-state index in [-0.39, 0.29) is 24.3 Å². The number of halogens is 1. The first kappa shape index (κ1) is 21.8. The summed E-state index contributed by atoms with van der Waals surface area (Å²) in [7, 11) is -3.35. The van der Waals surface area contributed by atoms with Gasteiger partial charge in [0.15, 0.2) is 0 Å². The van der Waals surface area contributed by atoms with Crippen LogP contribution in [-0.4, -0.2) is 63.9 Å². The lowest BCUT2D eigenvalue weighted by Crippen LogP contribution is -2.51. The lowest BCUT2D eigenvalue weighted by Gasteiger charge is -2.34. The van der Waals surface area contributed by atoms with Crippen molar-refractivity contribution in [3.8, 4) is 6.07 Å². The van der Waals surface area contributed by atoms with E-state index in [1.54, 1.807) is 10.7 Å². The quantitative estimate of drug-likeness (QED) is 0.726. The summed E-state index contributed by atoms with van der Waals surface area (Å²) >= 11 is 6.39. The zero-order chi connectivity index (χ0) is 21.5. The summed E-state index contributed by atoms with van der Waals surface area (Å²) in [5.74, 6) is 0.587. The van der Waals surface area contributed by atoms with Crippen molar-refractivity contribution in [3.63, 3.8) is 0 Å². The van der Waals surface area contributed by atoms with Gasteiger partial charge in [-0.05, 0) is 12.3 Å². The number of nitriles is 1. The van der Waals surface area contributed by atoms with E-state index in [1.807, 2.05) is 6.92 Å². The minimum Gasteiger partial charge on any atom is -0.390 e. The molecule has 1 aliphatic rings. The van der Waals surface area contributed by atoms with E-state index in [1.165, 1.54) is 4.31 Å². The van der Waals surface area contributed by atoms with Crippen LogP contribution in [-0.2, 0) is 10.0 Å². The number of aliphatic hydroxyl groups excluding tert-OH is 1. The maximum absolute atomic E-state index is 11.7. The smallest absolute Gasteiger partial charge is 0.241 e. The zero-order valence-corrected chi connectivity index (χ0v) is 18.4. The van der Waals surface area contributed by atoms with Crippen LogP contribution in [0.1, 0.15) is 44.4 Å². The average Bonchev–Trinajstić information content (AvgIpc) is 2.93. The molecule has 0 spiro atoms. The predicted molar refractivity (Wildman–Crippen MR) is 110 cm³/mol. The van der Waals surface area contributed by atoms with Crippen molar-refractivity contribution in [1.82, 2.24) is 18.9 Å². The van der Waals surface area contributed by atoms with Crippen LogP contribution < -0.4 is 5.32 Å². The second kappa shape index (κ2) is 8.07. The Morgan fingerprint density at radius 2 is 2.10 bits per heavy atom. The fourth-order valence-electron chi connectivity index (χ4n) is 3.48. The van der Waals surface area contributed by atoms with Crippen molar-refractivity contribution >= 4 is 33.1 Å². The Morgan fingerprint density at radius 3 is 2.66 bits per heavy atom. The van der Waals surface area contributed by atoms with Gasteiger partial charge in [0.2, 0.25) is 16.0 Å².